The third-order valence-electron chi connectivity index (χ3n) is 5.79. The summed E-state index contributed by atoms with van der Waals surface area (Å²) in [4.78, 5) is 5.00. The zero-order valence-corrected chi connectivity index (χ0v) is 20.3. The summed E-state index contributed by atoms with van der Waals surface area (Å²) in [6, 6.07) is 17.8. The van der Waals surface area contributed by atoms with Crippen molar-refractivity contribution < 1.29 is 0 Å². The van der Waals surface area contributed by atoms with Gasteiger partial charge in [0.25, 0.3) is 0 Å². The number of nitrogens with two attached hydrogens (primary N) is 1. The predicted octanol–water partition coefficient (Wildman–Crippen LogP) is 5.52. The van der Waals surface area contributed by atoms with Gasteiger partial charge in [-0.05, 0) is 48.7 Å². The van der Waals surface area contributed by atoms with Gasteiger partial charge in [-0.1, -0.05) is 85.6 Å². The Bertz CT molecular complexity index is 744. The lowest BCUT2D eigenvalue weighted by atomic mass is 9.84. The summed E-state index contributed by atoms with van der Waals surface area (Å²) in [5.41, 5.74) is 9.77. The lowest BCUT2D eigenvalue weighted by molar-refractivity contribution is 0.0748. The van der Waals surface area contributed by atoms with Crippen molar-refractivity contribution in [1.29, 1.82) is 0 Å². The molecule has 0 spiro atoms. The molecule has 0 bridgehead atoms. The molecule has 0 saturated heterocycles. The second kappa shape index (κ2) is 11.8. The van der Waals surface area contributed by atoms with E-state index in [0.717, 1.165) is 19.6 Å². The van der Waals surface area contributed by atoms with Crippen LogP contribution in [-0.4, -0.2) is 36.5 Å². The first-order chi connectivity index (χ1) is 13.8. The highest BCUT2D eigenvalue weighted by Crippen LogP contribution is 2.28. The van der Waals surface area contributed by atoms with Crippen molar-refractivity contribution in [1.82, 2.24) is 9.80 Å². The standard InChI is InChI=1S/C25H38BrN3/c1-6-23(19(2)3)25(18-28(4)5)29(17-22-12-7-8-13-24(22)26)16-21-11-9-10-20(14-21)15-27/h7-14,19,23,25H,6,15-18,27H2,1-5H3. The summed E-state index contributed by atoms with van der Waals surface area (Å²) in [6.45, 7) is 10.6. The van der Waals surface area contributed by atoms with Crippen LogP contribution in [0.2, 0.25) is 0 Å². The number of likely N-dealkylation sites (N-methyl/N-ethyl adjacent to an activating group) is 1. The third-order valence-corrected chi connectivity index (χ3v) is 6.56. The minimum Gasteiger partial charge on any atom is -0.326 e. The number of nitrogens with zero attached hydrogens (tertiary/aromatic N) is 2. The zero-order valence-electron chi connectivity index (χ0n) is 18.7. The van der Waals surface area contributed by atoms with E-state index in [-0.39, 0.29) is 0 Å². The molecule has 0 fully saturated rings. The maximum atomic E-state index is 5.90. The maximum absolute atomic E-state index is 5.90. The second-order valence-corrected chi connectivity index (χ2v) is 9.52. The van der Waals surface area contributed by atoms with E-state index < -0.39 is 0 Å². The molecule has 3 nitrogen and oxygen atoms in total. The summed E-state index contributed by atoms with van der Waals surface area (Å²) in [5, 5.41) is 0. The van der Waals surface area contributed by atoms with E-state index in [1.165, 1.54) is 27.6 Å². The van der Waals surface area contributed by atoms with E-state index in [9.17, 15) is 0 Å². The van der Waals surface area contributed by atoms with Gasteiger partial charge in [0.1, 0.15) is 0 Å². The Morgan fingerprint density at radius 3 is 2.24 bits per heavy atom. The van der Waals surface area contributed by atoms with Crippen LogP contribution in [0.5, 0.6) is 0 Å². The summed E-state index contributed by atoms with van der Waals surface area (Å²) in [6.07, 6.45) is 1.19. The van der Waals surface area contributed by atoms with Crippen molar-refractivity contribution in [2.75, 3.05) is 20.6 Å². The van der Waals surface area contributed by atoms with Crippen LogP contribution in [0.25, 0.3) is 0 Å². The molecular formula is C25H38BrN3. The minimum atomic E-state index is 0.476. The van der Waals surface area contributed by atoms with E-state index in [0.29, 0.717) is 24.4 Å². The average molecular weight is 461 g/mol. The number of hydrogen-bond donors (Lipinski definition) is 1. The van der Waals surface area contributed by atoms with E-state index >= 15 is 0 Å². The van der Waals surface area contributed by atoms with Gasteiger partial charge in [0.15, 0.2) is 0 Å². The van der Waals surface area contributed by atoms with Crippen LogP contribution < -0.4 is 5.73 Å². The first kappa shape index (κ1) is 24.1. The fourth-order valence-electron chi connectivity index (χ4n) is 4.31. The highest BCUT2D eigenvalue weighted by atomic mass is 79.9. The summed E-state index contributed by atoms with van der Waals surface area (Å²) in [7, 11) is 4.37. The fourth-order valence-corrected chi connectivity index (χ4v) is 4.72. The normalized spacial score (nSPS) is 14.0. The molecule has 2 aromatic carbocycles. The molecule has 2 rings (SSSR count). The Hall–Kier alpha value is -1.20. The molecule has 2 atom stereocenters. The Kier molecular flexibility index (Phi) is 9.84. The molecule has 0 aromatic heterocycles. The van der Waals surface area contributed by atoms with E-state index in [4.69, 9.17) is 5.73 Å². The van der Waals surface area contributed by atoms with Crippen molar-refractivity contribution in [3.63, 3.8) is 0 Å². The summed E-state index contributed by atoms with van der Waals surface area (Å²) in [5.74, 6) is 1.28. The van der Waals surface area contributed by atoms with Crippen molar-refractivity contribution in [3.05, 3.63) is 69.7 Å². The Morgan fingerprint density at radius 2 is 1.66 bits per heavy atom. The summed E-state index contributed by atoms with van der Waals surface area (Å²) >= 11 is 3.76. The van der Waals surface area contributed by atoms with Crippen molar-refractivity contribution in [3.8, 4) is 0 Å². The van der Waals surface area contributed by atoms with Crippen molar-refractivity contribution in [2.45, 2.75) is 52.9 Å². The van der Waals surface area contributed by atoms with Crippen LogP contribution in [0.3, 0.4) is 0 Å². The zero-order chi connectivity index (χ0) is 21.4. The van der Waals surface area contributed by atoms with Gasteiger partial charge in [0.05, 0.1) is 0 Å². The van der Waals surface area contributed by atoms with Crippen molar-refractivity contribution >= 4 is 15.9 Å². The molecule has 2 aromatic rings. The quantitative estimate of drug-likeness (QED) is 0.479. The van der Waals surface area contributed by atoms with Crippen LogP contribution in [0.15, 0.2) is 53.0 Å². The minimum absolute atomic E-state index is 0.476. The Morgan fingerprint density at radius 1 is 0.966 bits per heavy atom. The van der Waals surface area contributed by atoms with Crippen LogP contribution >= 0.6 is 15.9 Å². The maximum Gasteiger partial charge on any atom is 0.0260 e. The van der Waals surface area contributed by atoms with Gasteiger partial charge in [-0.25, -0.2) is 0 Å². The fraction of sp³-hybridized carbons (Fsp3) is 0.520. The second-order valence-electron chi connectivity index (χ2n) is 8.67. The lowest BCUT2D eigenvalue weighted by Crippen LogP contribution is -2.47. The SMILES string of the molecule is CCC(C(C)C)C(CN(C)C)N(Cc1cccc(CN)c1)Cc1ccccc1Br. The average Bonchev–Trinajstić information content (AvgIpc) is 2.68. The molecule has 0 saturated carbocycles. The molecule has 160 valence electrons. The van der Waals surface area contributed by atoms with Gasteiger partial charge in [0.2, 0.25) is 0 Å². The first-order valence-electron chi connectivity index (χ1n) is 10.8. The smallest absolute Gasteiger partial charge is 0.0260 e. The topological polar surface area (TPSA) is 32.5 Å². The Labute approximate surface area is 186 Å². The van der Waals surface area contributed by atoms with E-state index in [1.54, 1.807) is 0 Å². The molecule has 0 aliphatic rings. The number of hydrogen-bond acceptors (Lipinski definition) is 3. The molecule has 0 amide bonds. The number of benzene rings is 2. The molecular weight excluding hydrogens is 422 g/mol. The Balaban J connectivity index is 2.42. The first-order valence-corrected chi connectivity index (χ1v) is 11.5. The molecule has 2 N–H and O–H groups in total. The summed E-state index contributed by atoms with van der Waals surface area (Å²) < 4.78 is 1.18. The number of halogens is 1. The van der Waals surface area contributed by atoms with Gasteiger partial charge in [-0.15, -0.1) is 0 Å². The van der Waals surface area contributed by atoms with Crippen LogP contribution in [0.4, 0.5) is 0 Å². The van der Waals surface area contributed by atoms with Gasteiger partial charge in [-0.3, -0.25) is 4.90 Å². The molecule has 29 heavy (non-hydrogen) atoms. The predicted molar refractivity (Wildman–Crippen MR) is 129 cm³/mol. The van der Waals surface area contributed by atoms with Gasteiger partial charge >= 0.3 is 0 Å². The molecule has 2 unspecified atom stereocenters. The molecule has 0 radical (unpaired) electrons. The highest BCUT2D eigenvalue weighted by molar-refractivity contribution is 9.10. The van der Waals surface area contributed by atoms with Gasteiger partial charge in [0, 0.05) is 36.7 Å². The molecule has 4 heteroatoms. The molecule has 0 aliphatic carbocycles. The van der Waals surface area contributed by atoms with E-state index in [1.807, 2.05) is 0 Å². The number of rotatable bonds is 11. The largest absolute Gasteiger partial charge is 0.326 e. The van der Waals surface area contributed by atoms with Crippen LogP contribution in [0.1, 0.15) is 43.9 Å². The molecule has 0 heterocycles. The van der Waals surface area contributed by atoms with Gasteiger partial charge in [-0.2, -0.15) is 0 Å². The van der Waals surface area contributed by atoms with Crippen molar-refractivity contribution in [2.24, 2.45) is 17.6 Å². The van der Waals surface area contributed by atoms with Crippen LogP contribution in [-0.2, 0) is 19.6 Å². The molecule has 0 aliphatic heterocycles. The highest BCUT2D eigenvalue weighted by Gasteiger charge is 2.29. The van der Waals surface area contributed by atoms with Gasteiger partial charge < -0.3 is 10.6 Å². The monoisotopic (exact) mass is 459 g/mol. The third kappa shape index (κ3) is 7.21. The lowest BCUT2D eigenvalue weighted by Gasteiger charge is -2.40. The van der Waals surface area contributed by atoms with Crippen LogP contribution in [0, 0.1) is 11.8 Å². The van der Waals surface area contributed by atoms with E-state index in [2.05, 4.69) is 109 Å².